The van der Waals surface area contributed by atoms with E-state index < -0.39 is 22.0 Å². The zero-order valence-corrected chi connectivity index (χ0v) is 15.0. The zero-order chi connectivity index (χ0) is 16.0. The van der Waals surface area contributed by atoms with E-state index in [9.17, 15) is 0 Å². The summed E-state index contributed by atoms with van der Waals surface area (Å²) in [6.07, 6.45) is -0.171. The molecule has 6 nitrogen and oxygen atoms in total. The van der Waals surface area contributed by atoms with Crippen LogP contribution in [0.25, 0.3) is 0 Å². The Kier molecular flexibility index (Phi) is 17.1. The molecule has 0 bridgehead atoms. The molecular formula is C13H33NO5Si. The molecule has 0 saturated carbocycles. The minimum Gasteiger partial charge on any atom is -0.379 e. The molecular weight excluding hydrogens is 278 g/mol. The Balaban J connectivity index is 0. The first kappa shape index (κ1) is 22.3. The maximum absolute atomic E-state index is 9.08. The molecule has 0 aromatic heterocycles. The predicted octanol–water partition coefficient (Wildman–Crippen LogP) is 1.19. The van der Waals surface area contributed by atoms with Gasteiger partial charge in [-0.2, -0.15) is 0 Å². The van der Waals surface area contributed by atoms with Gasteiger partial charge in [0.05, 0.1) is 0 Å². The Bertz CT molecular complexity index is 173. The number of aliphatic hydroxyl groups is 2. The lowest BCUT2D eigenvalue weighted by Gasteiger charge is -2.27. The topological polar surface area (TPSA) is 71.4 Å². The van der Waals surface area contributed by atoms with Crippen molar-refractivity contribution in [2.24, 2.45) is 0 Å². The summed E-state index contributed by atoms with van der Waals surface area (Å²) >= 11 is 0. The van der Waals surface area contributed by atoms with Crippen LogP contribution in [0.5, 0.6) is 0 Å². The van der Waals surface area contributed by atoms with E-state index in [4.69, 9.17) is 23.5 Å². The number of nitrogens with zero attached hydrogens (tertiary/aromatic N) is 1. The molecule has 2 unspecified atom stereocenters. The number of hydrogen-bond donors (Lipinski definition) is 2. The van der Waals surface area contributed by atoms with Gasteiger partial charge < -0.3 is 23.5 Å². The predicted molar refractivity (Wildman–Crippen MR) is 82.4 cm³/mol. The lowest BCUT2D eigenvalue weighted by molar-refractivity contribution is -0.0836. The van der Waals surface area contributed by atoms with Crippen LogP contribution in [-0.2, 0) is 13.3 Å². The second-order valence-corrected chi connectivity index (χ2v) is 5.73. The first-order chi connectivity index (χ1) is 9.44. The molecule has 0 aliphatic carbocycles. The molecule has 0 fully saturated rings. The molecule has 0 aromatic carbocycles. The molecule has 0 saturated heterocycles. The maximum Gasteiger partial charge on any atom is 0.484 e. The van der Waals surface area contributed by atoms with E-state index in [2.05, 4.69) is 0 Å². The fourth-order valence-corrected chi connectivity index (χ4v) is 2.60. The van der Waals surface area contributed by atoms with Crippen LogP contribution in [0.1, 0.15) is 48.0 Å². The fraction of sp³-hybridized carbons (Fsp3) is 1.00. The van der Waals surface area contributed by atoms with E-state index in [1.807, 2.05) is 27.7 Å². The zero-order valence-electron chi connectivity index (χ0n) is 13.8. The summed E-state index contributed by atoms with van der Waals surface area (Å²) in [5.74, 6) is 0. The molecule has 0 radical (unpaired) electrons. The second kappa shape index (κ2) is 15.4. The lowest BCUT2D eigenvalue weighted by Crippen LogP contribution is -2.40. The Morgan fingerprint density at radius 1 is 0.850 bits per heavy atom. The average Bonchev–Trinajstić information content (AvgIpc) is 2.37. The highest BCUT2D eigenvalue weighted by molar-refractivity contribution is 6.36. The van der Waals surface area contributed by atoms with E-state index in [-0.39, 0.29) is 0 Å². The standard InChI is InChI=1S/C7H17NO2.C6H16O3Si/c1-4-5-8(6(2)9)7(3)10;1-4-7-10(8-5-2)9-6-3/h6-7,9-10H,4-5H2,1-3H3;10H,4-6H2,1-3H3. The van der Waals surface area contributed by atoms with Crippen molar-refractivity contribution in [3.63, 3.8) is 0 Å². The first-order valence-electron chi connectivity index (χ1n) is 7.41. The van der Waals surface area contributed by atoms with E-state index in [1.54, 1.807) is 18.7 Å². The molecule has 0 spiro atoms. The van der Waals surface area contributed by atoms with Gasteiger partial charge in [-0.1, -0.05) is 6.92 Å². The molecule has 0 aliphatic heterocycles. The Morgan fingerprint density at radius 2 is 1.20 bits per heavy atom. The third-order valence-corrected chi connectivity index (χ3v) is 4.17. The monoisotopic (exact) mass is 311 g/mol. The van der Waals surface area contributed by atoms with Crippen LogP contribution in [0.3, 0.4) is 0 Å². The maximum atomic E-state index is 9.08. The van der Waals surface area contributed by atoms with Gasteiger partial charge in [0.2, 0.25) is 0 Å². The summed E-state index contributed by atoms with van der Waals surface area (Å²) in [6.45, 7) is 13.9. The van der Waals surface area contributed by atoms with Gasteiger partial charge >= 0.3 is 9.53 Å². The van der Waals surface area contributed by atoms with Gasteiger partial charge in [-0.15, -0.1) is 0 Å². The molecule has 0 aliphatic rings. The highest BCUT2D eigenvalue weighted by Crippen LogP contribution is 2.01. The van der Waals surface area contributed by atoms with Crippen molar-refractivity contribution >= 4 is 9.53 Å². The minimum atomic E-state index is -1.73. The first-order valence-corrected chi connectivity index (χ1v) is 8.82. The summed E-state index contributed by atoms with van der Waals surface area (Å²) in [4.78, 5) is 1.62. The van der Waals surface area contributed by atoms with Gasteiger partial charge in [0, 0.05) is 26.4 Å². The van der Waals surface area contributed by atoms with Gasteiger partial charge in [-0.25, -0.2) is 0 Å². The third kappa shape index (κ3) is 13.0. The van der Waals surface area contributed by atoms with Crippen molar-refractivity contribution in [2.75, 3.05) is 26.4 Å². The summed E-state index contributed by atoms with van der Waals surface area (Å²) in [5.41, 5.74) is 0. The van der Waals surface area contributed by atoms with Gasteiger partial charge in [-0.05, 0) is 41.0 Å². The van der Waals surface area contributed by atoms with Crippen LogP contribution in [-0.4, -0.2) is 63.5 Å². The smallest absolute Gasteiger partial charge is 0.379 e. The molecule has 0 rings (SSSR count). The van der Waals surface area contributed by atoms with Crippen LogP contribution in [0.2, 0.25) is 0 Å². The highest BCUT2D eigenvalue weighted by Gasteiger charge is 2.13. The fourth-order valence-electron chi connectivity index (χ4n) is 1.50. The molecule has 0 heterocycles. The molecule has 20 heavy (non-hydrogen) atoms. The van der Waals surface area contributed by atoms with E-state index in [0.717, 1.165) is 13.0 Å². The quantitative estimate of drug-likeness (QED) is 0.466. The van der Waals surface area contributed by atoms with Crippen LogP contribution < -0.4 is 0 Å². The van der Waals surface area contributed by atoms with Crippen LogP contribution in [0.15, 0.2) is 0 Å². The highest BCUT2D eigenvalue weighted by atomic mass is 28.3. The van der Waals surface area contributed by atoms with Gasteiger partial charge in [0.1, 0.15) is 12.5 Å². The molecule has 2 atom stereocenters. The molecule has 0 aromatic rings. The van der Waals surface area contributed by atoms with Crippen molar-refractivity contribution in [1.82, 2.24) is 4.90 Å². The van der Waals surface area contributed by atoms with Gasteiger partial charge in [0.25, 0.3) is 0 Å². The Morgan fingerprint density at radius 3 is 1.35 bits per heavy atom. The Hall–Kier alpha value is -0.0231. The third-order valence-electron chi connectivity index (χ3n) is 2.35. The van der Waals surface area contributed by atoms with Gasteiger partial charge in [-0.3, -0.25) is 4.90 Å². The van der Waals surface area contributed by atoms with E-state index >= 15 is 0 Å². The summed E-state index contributed by atoms with van der Waals surface area (Å²) in [6, 6.07) is 0. The van der Waals surface area contributed by atoms with Crippen LogP contribution in [0, 0.1) is 0 Å². The lowest BCUT2D eigenvalue weighted by atomic mass is 10.4. The summed E-state index contributed by atoms with van der Waals surface area (Å²) in [7, 11) is -1.73. The molecule has 2 N–H and O–H groups in total. The largest absolute Gasteiger partial charge is 0.484 e. The second-order valence-electron chi connectivity index (χ2n) is 4.16. The van der Waals surface area contributed by atoms with E-state index in [1.165, 1.54) is 0 Å². The van der Waals surface area contributed by atoms with Crippen LogP contribution in [0.4, 0.5) is 0 Å². The van der Waals surface area contributed by atoms with Crippen LogP contribution >= 0.6 is 0 Å². The molecule has 7 heteroatoms. The normalized spacial score (nSPS) is 14.1. The van der Waals surface area contributed by atoms with Crippen molar-refractivity contribution in [3.8, 4) is 0 Å². The summed E-state index contributed by atoms with van der Waals surface area (Å²) < 4.78 is 15.7. The van der Waals surface area contributed by atoms with Crippen molar-refractivity contribution in [3.05, 3.63) is 0 Å². The molecule has 124 valence electrons. The number of rotatable bonds is 10. The SMILES string of the molecule is CCCN(C(C)O)C(C)O.CCO[SiH](OCC)OCC. The van der Waals surface area contributed by atoms with Crippen molar-refractivity contribution in [2.45, 2.75) is 60.4 Å². The van der Waals surface area contributed by atoms with E-state index in [0.29, 0.717) is 19.8 Å². The van der Waals surface area contributed by atoms with Gasteiger partial charge in [0.15, 0.2) is 0 Å². The van der Waals surface area contributed by atoms with Crippen molar-refractivity contribution < 1.29 is 23.5 Å². The number of hydrogen-bond acceptors (Lipinski definition) is 6. The summed E-state index contributed by atoms with van der Waals surface area (Å²) in [5, 5.41) is 18.2. The Labute approximate surface area is 125 Å². The minimum absolute atomic E-state index is 0.556. The average molecular weight is 311 g/mol. The van der Waals surface area contributed by atoms with Crippen molar-refractivity contribution in [1.29, 1.82) is 0 Å². The number of aliphatic hydroxyl groups excluding tert-OH is 2. The molecule has 0 amide bonds.